The van der Waals surface area contributed by atoms with Gasteiger partial charge in [0.05, 0.1) is 18.0 Å². The van der Waals surface area contributed by atoms with Gasteiger partial charge in [0, 0.05) is 23.7 Å². The van der Waals surface area contributed by atoms with E-state index < -0.39 is 39.7 Å². The van der Waals surface area contributed by atoms with Crippen LogP contribution in [0.3, 0.4) is 0 Å². The van der Waals surface area contributed by atoms with Crippen molar-refractivity contribution in [2.75, 3.05) is 16.3 Å². The number of benzene rings is 2. The summed E-state index contributed by atoms with van der Waals surface area (Å²) in [6.45, 7) is 1.73. The van der Waals surface area contributed by atoms with Crippen molar-refractivity contribution in [1.29, 1.82) is 0 Å². The molecule has 1 aromatic heterocycles. The second kappa shape index (κ2) is 11.4. The van der Waals surface area contributed by atoms with Gasteiger partial charge in [-0.3, -0.25) is 9.52 Å². The van der Waals surface area contributed by atoms with Crippen LogP contribution in [0.1, 0.15) is 35.3 Å². The molecule has 0 saturated heterocycles. The number of amides is 1. The van der Waals surface area contributed by atoms with E-state index in [0.29, 0.717) is 0 Å². The summed E-state index contributed by atoms with van der Waals surface area (Å²) in [5.41, 5.74) is -0.140. The first-order valence-electron chi connectivity index (χ1n) is 10.9. The number of carbonyl (C=O) groups excluding carboxylic acids is 1. The van der Waals surface area contributed by atoms with Crippen molar-refractivity contribution in [1.82, 2.24) is 10.3 Å². The van der Waals surface area contributed by atoms with Crippen LogP contribution in [0.15, 0.2) is 66.7 Å². The van der Waals surface area contributed by atoms with Crippen molar-refractivity contribution in [3.8, 4) is 0 Å². The van der Waals surface area contributed by atoms with Crippen LogP contribution in [0.4, 0.5) is 29.1 Å². The number of nitrogens with one attached hydrogen (secondary N) is 3. The van der Waals surface area contributed by atoms with Crippen molar-refractivity contribution >= 4 is 33.5 Å². The Hall–Kier alpha value is -3.93. The highest BCUT2D eigenvalue weighted by molar-refractivity contribution is 7.92. The molecule has 1 amide bonds. The average Bonchev–Trinajstić information content (AvgIpc) is 2.82. The summed E-state index contributed by atoms with van der Waals surface area (Å²) in [4.78, 5) is 16.2. The van der Waals surface area contributed by atoms with E-state index in [0.717, 1.165) is 30.0 Å². The van der Waals surface area contributed by atoms with Crippen molar-refractivity contribution in [3.63, 3.8) is 0 Å². The van der Waals surface area contributed by atoms with E-state index in [9.17, 15) is 30.8 Å². The smallest absolute Gasteiger partial charge is 0.365 e. The Morgan fingerprint density at radius 3 is 2.41 bits per heavy atom. The summed E-state index contributed by atoms with van der Waals surface area (Å²) in [7, 11) is -3.79. The molecule has 2 aromatic carbocycles. The van der Waals surface area contributed by atoms with Gasteiger partial charge in [-0.25, -0.2) is 17.8 Å². The Kier molecular flexibility index (Phi) is 8.53. The molecule has 0 aliphatic heterocycles. The number of para-hydroxylation sites is 1. The van der Waals surface area contributed by atoms with Crippen LogP contribution in [0, 0.1) is 5.82 Å². The van der Waals surface area contributed by atoms with Crippen molar-refractivity contribution in [3.05, 3.63) is 94.9 Å². The minimum absolute atomic E-state index is 0.0689. The maximum Gasteiger partial charge on any atom is 0.433 e. The normalized spacial score (nSPS) is 12.8. The first-order valence-corrected chi connectivity index (χ1v) is 12.8. The Balaban J connectivity index is 1.80. The minimum Gasteiger partial charge on any atom is -0.365 e. The number of hydrogen-bond donors (Lipinski definition) is 3. The first kappa shape index (κ1) is 27.7. The third-order valence-electron chi connectivity index (χ3n) is 5.09. The van der Waals surface area contributed by atoms with Crippen LogP contribution in [-0.4, -0.2) is 25.6 Å². The molecule has 196 valence electrons. The average molecular weight is 537 g/mol. The molecule has 0 spiro atoms. The molecular weight excluding hydrogens is 512 g/mol. The van der Waals surface area contributed by atoms with Crippen LogP contribution < -0.4 is 15.4 Å². The van der Waals surface area contributed by atoms with Gasteiger partial charge in [0.2, 0.25) is 15.9 Å². The second-order valence-electron chi connectivity index (χ2n) is 8.11. The lowest BCUT2D eigenvalue weighted by Crippen LogP contribution is -2.26. The Bertz CT molecular complexity index is 1390. The molecule has 3 rings (SSSR count). The van der Waals surface area contributed by atoms with Crippen LogP contribution in [0.2, 0.25) is 0 Å². The van der Waals surface area contributed by atoms with Gasteiger partial charge in [0.15, 0.2) is 0 Å². The third-order valence-corrected chi connectivity index (χ3v) is 5.67. The Labute approximate surface area is 211 Å². The molecule has 37 heavy (non-hydrogen) atoms. The molecule has 1 heterocycles. The van der Waals surface area contributed by atoms with E-state index >= 15 is 0 Å². The number of halogens is 4. The number of alkyl halides is 3. The largest absolute Gasteiger partial charge is 0.433 e. The molecule has 0 fully saturated rings. The lowest BCUT2D eigenvalue weighted by molar-refractivity contribution is -0.141. The number of carbonyl (C=O) groups is 1. The maximum absolute atomic E-state index is 14.3. The zero-order valence-electron chi connectivity index (χ0n) is 19.8. The highest BCUT2D eigenvalue weighted by Crippen LogP contribution is 2.30. The van der Waals surface area contributed by atoms with Gasteiger partial charge in [-0.05, 0) is 36.8 Å². The van der Waals surface area contributed by atoms with Crippen LogP contribution in [-0.2, 0) is 27.5 Å². The minimum atomic E-state index is -4.65. The fourth-order valence-corrected chi connectivity index (χ4v) is 3.97. The number of hydrogen-bond acceptors (Lipinski definition) is 5. The van der Waals surface area contributed by atoms with Crippen molar-refractivity contribution in [2.45, 2.75) is 25.7 Å². The molecule has 1 atom stereocenters. The van der Waals surface area contributed by atoms with Gasteiger partial charge in [0.1, 0.15) is 17.3 Å². The Morgan fingerprint density at radius 1 is 1.05 bits per heavy atom. The van der Waals surface area contributed by atoms with Gasteiger partial charge in [0.25, 0.3) is 0 Å². The van der Waals surface area contributed by atoms with Crippen molar-refractivity contribution < 1.29 is 30.8 Å². The zero-order chi connectivity index (χ0) is 27.2. The number of nitrogens with zero attached hydrogens (tertiary/aromatic N) is 1. The number of anilines is 2. The summed E-state index contributed by atoms with van der Waals surface area (Å²) >= 11 is 0. The molecule has 7 nitrogen and oxygen atoms in total. The quantitative estimate of drug-likeness (QED) is 0.261. The maximum atomic E-state index is 14.3. The lowest BCUT2D eigenvalue weighted by atomic mass is 10.1. The van der Waals surface area contributed by atoms with Gasteiger partial charge in [-0.2, -0.15) is 13.2 Å². The van der Waals surface area contributed by atoms with Gasteiger partial charge < -0.3 is 10.6 Å². The van der Waals surface area contributed by atoms with Gasteiger partial charge in [-0.1, -0.05) is 42.5 Å². The molecular formula is C25H24F4N4O3S. The molecule has 0 aliphatic rings. The predicted molar refractivity (Wildman–Crippen MR) is 133 cm³/mol. The van der Waals surface area contributed by atoms with E-state index in [2.05, 4.69) is 20.3 Å². The topological polar surface area (TPSA) is 100 Å². The molecule has 0 unspecified atom stereocenters. The molecule has 0 radical (unpaired) electrons. The van der Waals surface area contributed by atoms with Gasteiger partial charge in [-0.15, -0.1) is 0 Å². The van der Waals surface area contributed by atoms with E-state index in [1.807, 2.05) is 6.07 Å². The van der Waals surface area contributed by atoms with E-state index in [-0.39, 0.29) is 29.2 Å². The fourth-order valence-electron chi connectivity index (χ4n) is 3.38. The van der Waals surface area contributed by atoms with E-state index in [4.69, 9.17) is 0 Å². The number of sulfonamides is 1. The molecule has 0 aliphatic carbocycles. The molecule has 0 bridgehead atoms. The predicted octanol–water partition coefficient (Wildman–Crippen LogP) is 5.11. The third kappa shape index (κ3) is 8.04. The summed E-state index contributed by atoms with van der Waals surface area (Å²) in [5, 5.41) is 5.45. The SMILES string of the molecule is C[C@@H](NC(=O)C=Cc1ccc(C(F)(F)F)nc1NCc1ccccc1)c1cccc(F)c1NS(C)(=O)=O. The summed E-state index contributed by atoms with van der Waals surface area (Å²) in [6, 6.07) is 14.1. The molecule has 3 aromatic rings. The second-order valence-corrected chi connectivity index (χ2v) is 9.86. The zero-order valence-corrected chi connectivity index (χ0v) is 20.6. The molecule has 12 heteroatoms. The number of rotatable bonds is 9. The fraction of sp³-hybridized carbons (Fsp3) is 0.200. The van der Waals surface area contributed by atoms with Crippen molar-refractivity contribution in [2.24, 2.45) is 0 Å². The van der Waals surface area contributed by atoms with Crippen LogP contribution in [0.5, 0.6) is 0 Å². The van der Waals surface area contributed by atoms with E-state index in [1.165, 1.54) is 31.2 Å². The Morgan fingerprint density at radius 2 is 1.76 bits per heavy atom. The van der Waals surface area contributed by atoms with Crippen LogP contribution in [0.25, 0.3) is 6.08 Å². The standard InChI is InChI=1S/C25H24F4N4O3S/c1-16(19-9-6-10-20(26)23(19)33-37(2,35)36)31-22(34)14-12-18-11-13-21(25(27,28)29)32-24(18)30-15-17-7-4-3-5-8-17/h3-14,16,33H,15H2,1-2H3,(H,30,32)(H,31,34)/t16-/m1/s1. The molecule has 3 N–H and O–H groups in total. The van der Waals surface area contributed by atoms with E-state index in [1.54, 1.807) is 24.3 Å². The summed E-state index contributed by atoms with van der Waals surface area (Å²) in [5.74, 6) is -1.53. The molecule has 0 saturated carbocycles. The monoisotopic (exact) mass is 536 g/mol. The highest BCUT2D eigenvalue weighted by atomic mass is 32.2. The number of pyridine rings is 1. The summed E-state index contributed by atoms with van der Waals surface area (Å²) < 4.78 is 79.2. The van der Waals surface area contributed by atoms with Crippen LogP contribution >= 0.6 is 0 Å². The number of aromatic nitrogens is 1. The van der Waals surface area contributed by atoms with Gasteiger partial charge >= 0.3 is 6.18 Å². The highest BCUT2D eigenvalue weighted by Gasteiger charge is 2.33. The summed E-state index contributed by atoms with van der Waals surface area (Å²) in [6.07, 6.45) is -1.39. The lowest BCUT2D eigenvalue weighted by Gasteiger charge is -2.18. The first-order chi connectivity index (χ1) is 17.3.